The first kappa shape index (κ1) is 17.5. The second-order valence-corrected chi connectivity index (χ2v) is 9.86. The van der Waals surface area contributed by atoms with E-state index in [0.717, 1.165) is 36.7 Å². The van der Waals surface area contributed by atoms with Crippen LogP contribution < -0.4 is 5.73 Å². The number of anilines is 1. The van der Waals surface area contributed by atoms with Crippen molar-refractivity contribution in [3.8, 4) is 0 Å². The third-order valence-corrected chi connectivity index (χ3v) is 7.96. The number of carbonyl (C=O) groups excluding carboxylic acids is 1. The molecule has 2 heterocycles. The number of fused-ring (bicyclic) bond motifs is 1. The van der Waals surface area contributed by atoms with Crippen LogP contribution in [0.2, 0.25) is 0 Å². The first-order chi connectivity index (χ1) is 12.7. The molecule has 0 spiro atoms. The molecule has 0 amide bonds. The number of nitrogens with zero attached hydrogens (tertiary/aromatic N) is 1. The van der Waals surface area contributed by atoms with Crippen molar-refractivity contribution in [1.82, 2.24) is 4.98 Å². The summed E-state index contributed by atoms with van der Waals surface area (Å²) in [4.78, 5) is 18.3. The first-order valence-corrected chi connectivity index (χ1v) is 10.3. The van der Waals surface area contributed by atoms with Gasteiger partial charge in [-0.05, 0) is 69.3 Å². The fourth-order valence-corrected chi connectivity index (χ4v) is 7.49. The van der Waals surface area contributed by atoms with Crippen molar-refractivity contribution in [3.63, 3.8) is 0 Å². The topological polar surface area (TPSA) is 56.0 Å². The summed E-state index contributed by atoms with van der Waals surface area (Å²) in [6.45, 7) is 1.53. The summed E-state index contributed by atoms with van der Waals surface area (Å²) >= 11 is 1.04. The lowest BCUT2D eigenvalue weighted by atomic mass is 9.48. The average Bonchev–Trinajstić information content (AvgIpc) is 2.87. The second-order valence-electron chi connectivity index (χ2n) is 8.86. The Morgan fingerprint density at radius 2 is 1.74 bits per heavy atom. The standard InChI is InChI=1S/C20H21F3N2OS/c1-9-2-13(20(21,22)23)14-15(24)16(27-18(14)25-9)17(26)19-6-10-3-11(7-19)5-12(4-10)8-19/h2,10-12H,3-8,24H2,1H3. The van der Waals surface area contributed by atoms with Gasteiger partial charge >= 0.3 is 6.18 Å². The van der Waals surface area contributed by atoms with Crippen LogP contribution in [0, 0.1) is 30.1 Å². The van der Waals surface area contributed by atoms with E-state index in [2.05, 4.69) is 4.98 Å². The molecular weight excluding hydrogens is 373 g/mol. The van der Waals surface area contributed by atoms with Gasteiger partial charge in [0.15, 0.2) is 5.78 Å². The van der Waals surface area contributed by atoms with Gasteiger partial charge in [0.1, 0.15) is 4.83 Å². The Balaban J connectivity index is 1.64. The maximum Gasteiger partial charge on any atom is 0.417 e. The molecule has 4 saturated carbocycles. The second kappa shape index (κ2) is 5.46. The van der Waals surface area contributed by atoms with Crippen LogP contribution in [-0.4, -0.2) is 10.8 Å². The lowest BCUT2D eigenvalue weighted by Crippen LogP contribution is -2.49. The van der Waals surface area contributed by atoms with Crippen LogP contribution in [0.4, 0.5) is 18.9 Å². The predicted octanol–water partition coefficient (Wildman–Crippen LogP) is 5.60. The molecule has 0 radical (unpaired) electrons. The van der Waals surface area contributed by atoms with E-state index in [1.54, 1.807) is 0 Å². The molecule has 4 aliphatic rings. The molecule has 2 aromatic heterocycles. The molecule has 7 heteroatoms. The lowest BCUT2D eigenvalue weighted by molar-refractivity contribution is -0.136. The highest BCUT2D eigenvalue weighted by molar-refractivity contribution is 7.21. The molecular formula is C20H21F3N2OS. The van der Waals surface area contributed by atoms with E-state index in [-0.39, 0.29) is 32.3 Å². The van der Waals surface area contributed by atoms with Crippen LogP contribution in [0.1, 0.15) is 59.5 Å². The third-order valence-electron chi connectivity index (χ3n) is 6.86. The molecule has 2 N–H and O–H groups in total. The fraction of sp³-hybridized carbons (Fsp3) is 0.600. The number of hydrogen-bond acceptors (Lipinski definition) is 4. The Morgan fingerprint density at radius 3 is 2.26 bits per heavy atom. The molecule has 27 heavy (non-hydrogen) atoms. The van der Waals surface area contributed by atoms with Gasteiger partial charge in [-0.15, -0.1) is 11.3 Å². The Morgan fingerprint density at radius 1 is 1.19 bits per heavy atom. The number of aromatic nitrogens is 1. The van der Waals surface area contributed by atoms with Crippen LogP contribution in [0.25, 0.3) is 10.2 Å². The first-order valence-electron chi connectivity index (χ1n) is 9.48. The van der Waals surface area contributed by atoms with E-state index in [1.165, 1.54) is 26.2 Å². The number of rotatable bonds is 2. The molecule has 144 valence electrons. The van der Waals surface area contributed by atoms with Crippen molar-refractivity contribution in [1.29, 1.82) is 0 Å². The molecule has 0 unspecified atom stereocenters. The van der Waals surface area contributed by atoms with Crippen molar-refractivity contribution in [3.05, 3.63) is 22.2 Å². The smallest absolute Gasteiger partial charge is 0.397 e. The van der Waals surface area contributed by atoms with Gasteiger partial charge in [-0.2, -0.15) is 13.2 Å². The number of alkyl halides is 3. The van der Waals surface area contributed by atoms with E-state index >= 15 is 0 Å². The molecule has 4 aliphatic carbocycles. The van der Waals surface area contributed by atoms with Crippen LogP contribution in [0.5, 0.6) is 0 Å². The third kappa shape index (κ3) is 2.53. The maximum absolute atomic E-state index is 13.6. The number of nitrogen functional groups attached to an aromatic ring is 1. The van der Waals surface area contributed by atoms with Crippen LogP contribution >= 0.6 is 11.3 Å². The number of thiophene rings is 1. The zero-order chi connectivity index (χ0) is 19.1. The van der Waals surface area contributed by atoms with Gasteiger partial charge in [-0.1, -0.05) is 0 Å². The number of hydrogen-bond donors (Lipinski definition) is 1. The number of pyridine rings is 1. The monoisotopic (exact) mass is 394 g/mol. The van der Waals surface area contributed by atoms with Gasteiger partial charge in [-0.3, -0.25) is 4.79 Å². The summed E-state index contributed by atoms with van der Waals surface area (Å²) < 4.78 is 40.6. The summed E-state index contributed by atoms with van der Waals surface area (Å²) in [6.07, 6.45) is 1.68. The average molecular weight is 394 g/mol. The highest BCUT2D eigenvalue weighted by atomic mass is 32.1. The summed E-state index contributed by atoms with van der Waals surface area (Å²) in [5.41, 5.74) is 5.20. The van der Waals surface area contributed by atoms with Crippen molar-refractivity contribution in [2.75, 3.05) is 5.73 Å². The highest BCUT2D eigenvalue weighted by Gasteiger charge is 2.55. The SMILES string of the molecule is Cc1cc(C(F)(F)F)c2c(N)c(C(=O)C34CC5CC(CC(C5)C3)C4)sc2n1. The Hall–Kier alpha value is -1.63. The quantitative estimate of drug-likeness (QED) is 0.674. The number of ketones is 1. The van der Waals surface area contributed by atoms with Gasteiger partial charge < -0.3 is 5.73 Å². The molecule has 0 aromatic carbocycles. The van der Waals surface area contributed by atoms with E-state index in [4.69, 9.17) is 5.73 Å². The molecule has 0 aliphatic heterocycles. The minimum atomic E-state index is -4.53. The largest absolute Gasteiger partial charge is 0.417 e. The summed E-state index contributed by atoms with van der Waals surface area (Å²) in [5, 5.41) is -0.105. The van der Waals surface area contributed by atoms with Crippen molar-refractivity contribution >= 4 is 33.0 Å². The van der Waals surface area contributed by atoms with Gasteiger partial charge in [0.2, 0.25) is 0 Å². The molecule has 3 nitrogen and oxygen atoms in total. The number of halogens is 3. The van der Waals surface area contributed by atoms with Gasteiger partial charge in [0.25, 0.3) is 0 Å². The van der Waals surface area contributed by atoms with Crippen LogP contribution in [0.15, 0.2) is 6.07 Å². The summed E-state index contributed by atoms with van der Waals surface area (Å²) in [5.74, 6) is 1.72. The number of aryl methyl sites for hydroxylation is 1. The van der Waals surface area contributed by atoms with Crippen molar-refractivity contribution in [2.45, 2.75) is 51.6 Å². The predicted molar refractivity (Wildman–Crippen MR) is 98.7 cm³/mol. The minimum Gasteiger partial charge on any atom is -0.397 e. The Bertz CT molecular complexity index is 927. The normalized spacial score (nSPS) is 32.4. The van der Waals surface area contributed by atoms with Gasteiger partial charge in [0, 0.05) is 16.5 Å². The van der Waals surface area contributed by atoms with E-state index < -0.39 is 17.2 Å². The zero-order valence-corrected chi connectivity index (χ0v) is 15.8. The van der Waals surface area contributed by atoms with Gasteiger partial charge in [-0.25, -0.2) is 4.98 Å². The fourth-order valence-electron chi connectivity index (χ4n) is 6.27. The number of nitrogens with two attached hydrogens (primary N) is 1. The van der Waals surface area contributed by atoms with Crippen LogP contribution in [-0.2, 0) is 6.18 Å². The molecule has 0 saturated heterocycles. The molecule has 2 aromatic rings. The van der Waals surface area contributed by atoms with E-state index in [1.807, 2.05) is 0 Å². The zero-order valence-electron chi connectivity index (χ0n) is 15.0. The van der Waals surface area contributed by atoms with Crippen molar-refractivity contribution in [2.24, 2.45) is 23.2 Å². The van der Waals surface area contributed by atoms with Crippen LogP contribution in [0.3, 0.4) is 0 Å². The minimum absolute atomic E-state index is 0.0319. The molecule has 6 rings (SSSR count). The molecule has 4 fully saturated rings. The van der Waals surface area contributed by atoms with Gasteiger partial charge in [0.05, 0.1) is 16.1 Å². The highest BCUT2D eigenvalue weighted by Crippen LogP contribution is 2.61. The Kier molecular flexibility index (Phi) is 3.53. The molecule has 0 atom stereocenters. The van der Waals surface area contributed by atoms with Crippen molar-refractivity contribution < 1.29 is 18.0 Å². The Labute approximate surface area is 159 Å². The van der Waals surface area contributed by atoms with E-state index in [9.17, 15) is 18.0 Å². The summed E-state index contributed by atoms with van der Waals surface area (Å²) in [7, 11) is 0. The molecule has 4 bridgehead atoms. The lowest BCUT2D eigenvalue weighted by Gasteiger charge is -2.55. The maximum atomic E-state index is 13.6. The van der Waals surface area contributed by atoms with E-state index in [0.29, 0.717) is 17.8 Å². The number of Topliss-reactive ketones (excluding diaryl/α,β-unsaturated/α-hetero) is 1. The number of carbonyl (C=O) groups is 1. The summed E-state index contributed by atoms with van der Waals surface area (Å²) in [6, 6.07) is 1.02.